The van der Waals surface area contributed by atoms with Crippen LogP contribution in [0.15, 0.2) is 12.1 Å². The Kier molecular flexibility index (Phi) is 4.32. The van der Waals surface area contributed by atoms with Crippen molar-refractivity contribution in [3.63, 3.8) is 0 Å². The zero-order valence-electron chi connectivity index (χ0n) is 13.4. The minimum Gasteiger partial charge on any atom is -0.399 e. The van der Waals surface area contributed by atoms with E-state index in [1.54, 1.807) is 34.6 Å². The van der Waals surface area contributed by atoms with Crippen LogP contribution in [0.2, 0.25) is 0 Å². The molecule has 7 heteroatoms. The number of rotatable bonds is 3. The van der Waals surface area contributed by atoms with Gasteiger partial charge in [-0.3, -0.25) is 4.79 Å². The molecule has 22 heavy (non-hydrogen) atoms. The molecule has 0 spiro atoms. The largest absolute Gasteiger partial charge is 0.500 e. The summed E-state index contributed by atoms with van der Waals surface area (Å²) in [6, 6.07) is 1.99. The Morgan fingerprint density at radius 2 is 1.59 bits per heavy atom. The van der Waals surface area contributed by atoms with Crippen molar-refractivity contribution in [3.05, 3.63) is 29.3 Å². The maximum atomic E-state index is 14.3. The number of hydrogen-bond donors (Lipinski definition) is 1. The molecule has 1 N–H and O–H groups in total. The Morgan fingerprint density at radius 3 is 2.00 bits per heavy atom. The van der Waals surface area contributed by atoms with E-state index in [9.17, 15) is 13.6 Å². The van der Waals surface area contributed by atoms with Crippen molar-refractivity contribution in [2.75, 3.05) is 6.54 Å². The van der Waals surface area contributed by atoms with E-state index < -0.39 is 35.9 Å². The number of amides is 1. The van der Waals surface area contributed by atoms with Crippen LogP contribution >= 0.6 is 0 Å². The van der Waals surface area contributed by atoms with Crippen molar-refractivity contribution < 1.29 is 22.9 Å². The lowest BCUT2D eigenvalue weighted by Gasteiger charge is -2.32. The second-order valence-electron chi connectivity index (χ2n) is 6.30. The number of carbonyl (C=O) groups excluding carboxylic acids is 1. The number of carbonyl (C=O) groups is 1. The van der Waals surface area contributed by atoms with Crippen LogP contribution in [-0.2, 0) is 9.31 Å². The van der Waals surface area contributed by atoms with Gasteiger partial charge in [0.05, 0.1) is 16.7 Å². The van der Waals surface area contributed by atoms with E-state index in [4.69, 9.17) is 9.31 Å². The second-order valence-corrected chi connectivity index (χ2v) is 6.30. The van der Waals surface area contributed by atoms with Crippen LogP contribution in [0.25, 0.3) is 0 Å². The molecule has 1 aromatic carbocycles. The highest BCUT2D eigenvalue weighted by atomic mass is 19.1. The molecule has 0 atom stereocenters. The summed E-state index contributed by atoms with van der Waals surface area (Å²) in [7, 11) is -1.15. The predicted molar refractivity (Wildman–Crippen MR) is 80.1 cm³/mol. The van der Waals surface area contributed by atoms with Gasteiger partial charge in [-0.05, 0) is 46.8 Å². The third kappa shape index (κ3) is 2.87. The van der Waals surface area contributed by atoms with E-state index in [1.807, 2.05) is 0 Å². The summed E-state index contributed by atoms with van der Waals surface area (Å²) in [5.41, 5.74) is -1.78. The SMILES string of the molecule is CCNC(=O)c1cc(F)c(B2OC(C)(C)C(C)(C)O2)c(F)c1. The highest BCUT2D eigenvalue weighted by Gasteiger charge is 2.53. The smallest absolute Gasteiger partial charge is 0.399 e. The van der Waals surface area contributed by atoms with Gasteiger partial charge in [0, 0.05) is 12.1 Å². The highest BCUT2D eigenvalue weighted by Crippen LogP contribution is 2.36. The predicted octanol–water partition coefficient (Wildman–Crippen LogP) is 2.01. The molecule has 120 valence electrons. The Labute approximate surface area is 129 Å². The fraction of sp³-hybridized carbons (Fsp3) is 0.533. The lowest BCUT2D eigenvalue weighted by Crippen LogP contribution is -2.41. The topological polar surface area (TPSA) is 47.6 Å². The van der Waals surface area contributed by atoms with E-state index in [0.29, 0.717) is 6.54 Å². The van der Waals surface area contributed by atoms with E-state index in [2.05, 4.69) is 5.32 Å². The first-order chi connectivity index (χ1) is 10.1. The summed E-state index contributed by atoms with van der Waals surface area (Å²) >= 11 is 0. The van der Waals surface area contributed by atoms with Gasteiger partial charge >= 0.3 is 7.12 Å². The Bertz CT molecular complexity index is 565. The minimum absolute atomic E-state index is 0.0721. The van der Waals surface area contributed by atoms with Crippen LogP contribution in [0, 0.1) is 11.6 Å². The first kappa shape index (κ1) is 16.9. The molecule has 0 aromatic heterocycles. The molecular weight excluding hydrogens is 291 g/mol. The Balaban J connectivity index is 2.36. The normalized spacial score (nSPS) is 19.3. The quantitative estimate of drug-likeness (QED) is 0.869. The summed E-state index contributed by atoms with van der Waals surface area (Å²) in [5, 5.41) is 2.50. The summed E-state index contributed by atoms with van der Waals surface area (Å²) in [6.45, 7) is 9.29. The lowest BCUT2D eigenvalue weighted by atomic mass is 9.77. The number of hydrogen-bond acceptors (Lipinski definition) is 3. The van der Waals surface area contributed by atoms with Crippen LogP contribution in [0.5, 0.6) is 0 Å². The Morgan fingerprint density at radius 1 is 1.14 bits per heavy atom. The van der Waals surface area contributed by atoms with Gasteiger partial charge < -0.3 is 14.6 Å². The third-order valence-electron chi connectivity index (χ3n) is 4.17. The van der Waals surface area contributed by atoms with E-state index in [0.717, 1.165) is 12.1 Å². The van der Waals surface area contributed by atoms with Crippen LogP contribution in [0.3, 0.4) is 0 Å². The highest BCUT2D eigenvalue weighted by molar-refractivity contribution is 6.62. The molecule has 1 saturated heterocycles. The van der Waals surface area contributed by atoms with E-state index >= 15 is 0 Å². The summed E-state index contributed by atoms with van der Waals surface area (Å²) in [6.07, 6.45) is 0. The van der Waals surface area contributed by atoms with Crippen LogP contribution in [0.4, 0.5) is 8.78 Å². The maximum Gasteiger partial charge on any atom is 0.500 e. The van der Waals surface area contributed by atoms with Crippen LogP contribution < -0.4 is 10.8 Å². The molecule has 2 rings (SSSR count). The van der Waals surface area contributed by atoms with Crippen LogP contribution in [-0.4, -0.2) is 30.8 Å². The molecule has 1 aliphatic heterocycles. The lowest BCUT2D eigenvalue weighted by molar-refractivity contribution is 0.00578. The van der Waals surface area contributed by atoms with Gasteiger partial charge in [0.2, 0.25) is 0 Å². The molecular formula is C15H20BF2NO3. The van der Waals surface area contributed by atoms with Crippen molar-refractivity contribution in [2.24, 2.45) is 0 Å². The zero-order chi connectivity index (χ0) is 16.7. The van der Waals surface area contributed by atoms with E-state index in [-0.39, 0.29) is 11.0 Å². The first-order valence-electron chi connectivity index (χ1n) is 7.22. The maximum absolute atomic E-state index is 14.3. The summed E-state index contributed by atoms with van der Waals surface area (Å²) < 4.78 is 39.9. The molecule has 1 aliphatic rings. The van der Waals surface area contributed by atoms with Crippen molar-refractivity contribution in [3.8, 4) is 0 Å². The van der Waals surface area contributed by atoms with Gasteiger partial charge in [-0.2, -0.15) is 0 Å². The molecule has 1 aromatic rings. The average Bonchev–Trinajstić information content (AvgIpc) is 2.57. The monoisotopic (exact) mass is 311 g/mol. The van der Waals surface area contributed by atoms with E-state index in [1.165, 1.54) is 0 Å². The average molecular weight is 311 g/mol. The molecule has 0 bridgehead atoms. The number of halogens is 2. The fourth-order valence-electron chi connectivity index (χ4n) is 2.16. The molecule has 0 saturated carbocycles. The fourth-order valence-corrected chi connectivity index (χ4v) is 2.16. The molecule has 4 nitrogen and oxygen atoms in total. The standard InChI is InChI=1S/C15H20BF2NO3/c1-6-19-13(20)9-7-10(17)12(11(18)8-9)16-21-14(2,3)15(4,5)22-16/h7-8H,6H2,1-5H3,(H,19,20). The minimum atomic E-state index is -1.15. The van der Waals surface area contributed by atoms with Gasteiger partial charge in [-0.25, -0.2) is 8.78 Å². The number of benzene rings is 1. The van der Waals surface area contributed by atoms with Gasteiger partial charge in [-0.1, -0.05) is 0 Å². The van der Waals surface area contributed by atoms with Gasteiger partial charge in [-0.15, -0.1) is 0 Å². The summed E-state index contributed by atoms with van der Waals surface area (Å²) in [5.74, 6) is -2.25. The van der Waals surface area contributed by atoms with Crippen molar-refractivity contribution in [1.82, 2.24) is 5.32 Å². The molecule has 1 amide bonds. The van der Waals surface area contributed by atoms with Crippen LogP contribution in [0.1, 0.15) is 45.0 Å². The van der Waals surface area contributed by atoms with Gasteiger partial charge in [0.1, 0.15) is 11.6 Å². The van der Waals surface area contributed by atoms with Crippen molar-refractivity contribution in [1.29, 1.82) is 0 Å². The first-order valence-corrected chi connectivity index (χ1v) is 7.22. The second kappa shape index (κ2) is 5.63. The van der Waals surface area contributed by atoms with Crippen molar-refractivity contribution in [2.45, 2.75) is 45.8 Å². The molecule has 1 fully saturated rings. The molecule has 0 aliphatic carbocycles. The van der Waals surface area contributed by atoms with Gasteiger partial charge in [0.15, 0.2) is 0 Å². The van der Waals surface area contributed by atoms with Gasteiger partial charge in [0.25, 0.3) is 5.91 Å². The molecule has 1 heterocycles. The van der Waals surface area contributed by atoms with Crippen molar-refractivity contribution >= 4 is 18.5 Å². The Hall–Kier alpha value is -1.47. The summed E-state index contributed by atoms with van der Waals surface area (Å²) in [4.78, 5) is 11.7. The zero-order valence-corrected chi connectivity index (χ0v) is 13.4. The molecule has 0 radical (unpaired) electrons. The molecule has 0 unspecified atom stereocenters. The number of nitrogens with one attached hydrogen (secondary N) is 1. The third-order valence-corrected chi connectivity index (χ3v) is 4.17.